The monoisotopic (exact) mass is 377 g/mol. The van der Waals surface area contributed by atoms with Gasteiger partial charge in [-0.2, -0.15) is 0 Å². The van der Waals surface area contributed by atoms with Crippen molar-refractivity contribution in [2.45, 2.75) is 24.8 Å². The number of carbonyl (C=O) groups is 1. The molecule has 1 amide bonds. The lowest BCUT2D eigenvalue weighted by atomic mass is 10.1. The summed E-state index contributed by atoms with van der Waals surface area (Å²) in [7, 11) is 0. The lowest BCUT2D eigenvalue weighted by Crippen LogP contribution is -2.49. The fourth-order valence-electron chi connectivity index (χ4n) is 2.96. The molecule has 1 saturated heterocycles. The second-order valence-electron chi connectivity index (χ2n) is 6.15. The minimum Gasteiger partial charge on any atom is -0.332 e. The molecule has 3 rings (SSSR count). The number of thioether (sulfide) groups is 1. The van der Waals surface area contributed by atoms with E-state index in [9.17, 15) is 4.79 Å². The molecule has 1 atom stereocenters. The summed E-state index contributed by atoms with van der Waals surface area (Å²) in [4.78, 5) is 20.2. The molecule has 0 bridgehead atoms. The molecular formula is C19H24ClN3OS. The highest BCUT2D eigenvalue weighted by atomic mass is 35.5. The van der Waals surface area contributed by atoms with Gasteiger partial charge in [-0.25, -0.2) is 0 Å². The first-order chi connectivity index (χ1) is 11.6. The van der Waals surface area contributed by atoms with Crippen LogP contribution in [0.15, 0.2) is 47.6 Å². The van der Waals surface area contributed by atoms with Gasteiger partial charge in [0.1, 0.15) is 0 Å². The van der Waals surface area contributed by atoms with Crippen molar-refractivity contribution in [1.82, 2.24) is 15.2 Å². The highest BCUT2D eigenvalue weighted by Crippen LogP contribution is 2.26. The molecule has 2 heterocycles. The van der Waals surface area contributed by atoms with Crippen LogP contribution in [0.25, 0.3) is 0 Å². The molecule has 1 N–H and O–H groups in total. The van der Waals surface area contributed by atoms with Crippen molar-refractivity contribution in [2.24, 2.45) is 0 Å². The molecule has 134 valence electrons. The SMILES string of the molecule is Cc1ccc(C)c(SCC(=O)N2CCNCC2c2cccnc2)c1.Cl. The van der Waals surface area contributed by atoms with Crippen molar-refractivity contribution >= 4 is 30.1 Å². The number of aryl methyl sites for hydroxylation is 2. The van der Waals surface area contributed by atoms with E-state index in [1.54, 1.807) is 18.0 Å². The summed E-state index contributed by atoms with van der Waals surface area (Å²) in [6.07, 6.45) is 3.62. The third-order valence-electron chi connectivity index (χ3n) is 4.33. The van der Waals surface area contributed by atoms with Crippen LogP contribution >= 0.6 is 24.2 Å². The number of pyridine rings is 1. The first-order valence-electron chi connectivity index (χ1n) is 8.25. The van der Waals surface area contributed by atoms with E-state index in [0.29, 0.717) is 5.75 Å². The zero-order chi connectivity index (χ0) is 16.9. The molecule has 0 saturated carbocycles. The van der Waals surface area contributed by atoms with E-state index in [4.69, 9.17) is 0 Å². The van der Waals surface area contributed by atoms with Crippen LogP contribution in [0.2, 0.25) is 0 Å². The van der Waals surface area contributed by atoms with Gasteiger partial charge in [-0.05, 0) is 37.1 Å². The van der Waals surface area contributed by atoms with E-state index in [1.807, 2.05) is 23.2 Å². The van der Waals surface area contributed by atoms with Gasteiger partial charge in [0.15, 0.2) is 0 Å². The summed E-state index contributed by atoms with van der Waals surface area (Å²) in [6, 6.07) is 10.4. The molecule has 1 aromatic carbocycles. The van der Waals surface area contributed by atoms with Crippen LogP contribution in [0.4, 0.5) is 0 Å². The number of nitrogens with zero attached hydrogens (tertiary/aromatic N) is 2. The standard InChI is InChI=1S/C19H23N3OS.ClH/c1-14-5-6-15(2)18(10-14)24-13-19(23)22-9-8-21-12-17(22)16-4-3-7-20-11-16;/h3-7,10-11,17,21H,8-9,12-13H2,1-2H3;1H. The van der Waals surface area contributed by atoms with E-state index in [1.165, 1.54) is 16.0 Å². The molecule has 2 aromatic rings. The number of rotatable bonds is 4. The molecule has 1 aliphatic heterocycles. The average Bonchev–Trinajstić information content (AvgIpc) is 2.63. The fourth-order valence-corrected chi connectivity index (χ4v) is 3.97. The van der Waals surface area contributed by atoms with Gasteiger partial charge in [0.25, 0.3) is 0 Å². The Hall–Kier alpha value is -1.56. The molecule has 1 aromatic heterocycles. The summed E-state index contributed by atoms with van der Waals surface area (Å²) < 4.78 is 0. The molecule has 0 aliphatic carbocycles. The van der Waals surface area contributed by atoms with Crippen molar-refractivity contribution in [3.8, 4) is 0 Å². The number of halogens is 1. The Morgan fingerprint density at radius 1 is 1.36 bits per heavy atom. The van der Waals surface area contributed by atoms with Gasteiger partial charge in [-0.15, -0.1) is 24.2 Å². The van der Waals surface area contributed by atoms with Crippen molar-refractivity contribution < 1.29 is 4.79 Å². The number of carbonyl (C=O) groups excluding carboxylic acids is 1. The lowest BCUT2D eigenvalue weighted by molar-refractivity contribution is -0.131. The number of amides is 1. The number of hydrogen-bond acceptors (Lipinski definition) is 4. The van der Waals surface area contributed by atoms with Crippen LogP contribution in [0.5, 0.6) is 0 Å². The number of aromatic nitrogens is 1. The Labute approximate surface area is 159 Å². The molecular weight excluding hydrogens is 354 g/mol. The van der Waals surface area contributed by atoms with E-state index in [0.717, 1.165) is 25.2 Å². The van der Waals surface area contributed by atoms with Gasteiger partial charge < -0.3 is 10.2 Å². The van der Waals surface area contributed by atoms with Crippen LogP contribution in [-0.2, 0) is 4.79 Å². The fraction of sp³-hybridized carbons (Fsp3) is 0.368. The predicted molar refractivity (Wildman–Crippen MR) is 105 cm³/mol. The third-order valence-corrected chi connectivity index (χ3v) is 5.47. The Morgan fingerprint density at radius 2 is 2.20 bits per heavy atom. The second kappa shape index (κ2) is 9.22. The maximum Gasteiger partial charge on any atom is 0.233 e. The largest absolute Gasteiger partial charge is 0.332 e. The topological polar surface area (TPSA) is 45.2 Å². The summed E-state index contributed by atoms with van der Waals surface area (Å²) in [5, 5.41) is 3.38. The minimum atomic E-state index is 0. The lowest BCUT2D eigenvalue weighted by Gasteiger charge is -2.36. The number of hydrogen-bond donors (Lipinski definition) is 1. The normalized spacial score (nSPS) is 17.0. The summed E-state index contributed by atoms with van der Waals surface area (Å²) in [5.41, 5.74) is 3.54. The van der Waals surface area contributed by atoms with E-state index >= 15 is 0 Å². The molecule has 6 heteroatoms. The minimum absolute atomic E-state index is 0. The maximum atomic E-state index is 12.8. The van der Waals surface area contributed by atoms with Gasteiger partial charge in [0.2, 0.25) is 5.91 Å². The Bertz CT molecular complexity index is 711. The Kier molecular flexibility index (Phi) is 7.29. The van der Waals surface area contributed by atoms with Crippen LogP contribution in [-0.4, -0.2) is 41.2 Å². The van der Waals surface area contributed by atoms with Crippen molar-refractivity contribution in [1.29, 1.82) is 0 Å². The van der Waals surface area contributed by atoms with Crippen LogP contribution in [0, 0.1) is 13.8 Å². The van der Waals surface area contributed by atoms with Gasteiger partial charge in [-0.1, -0.05) is 23.8 Å². The molecule has 1 fully saturated rings. The van der Waals surface area contributed by atoms with Crippen LogP contribution < -0.4 is 5.32 Å². The summed E-state index contributed by atoms with van der Waals surface area (Å²) in [5.74, 6) is 0.664. The second-order valence-corrected chi connectivity index (χ2v) is 7.17. The number of piperazine rings is 1. The molecule has 1 unspecified atom stereocenters. The van der Waals surface area contributed by atoms with Gasteiger partial charge in [-0.3, -0.25) is 9.78 Å². The predicted octanol–water partition coefficient (Wildman–Crippen LogP) is 3.39. The highest BCUT2D eigenvalue weighted by Gasteiger charge is 2.27. The Balaban J connectivity index is 0.00000225. The van der Waals surface area contributed by atoms with Crippen molar-refractivity contribution in [3.63, 3.8) is 0 Å². The third kappa shape index (κ3) is 4.97. The number of nitrogens with one attached hydrogen (secondary N) is 1. The number of benzene rings is 1. The summed E-state index contributed by atoms with van der Waals surface area (Å²) >= 11 is 1.63. The van der Waals surface area contributed by atoms with Gasteiger partial charge in [0.05, 0.1) is 11.8 Å². The molecule has 0 radical (unpaired) electrons. The zero-order valence-electron chi connectivity index (χ0n) is 14.6. The van der Waals surface area contributed by atoms with Crippen molar-refractivity contribution in [2.75, 3.05) is 25.4 Å². The van der Waals surface area contributed by atoms with E-state index in [-0.39, 0.29) is 24.4 Å². The van der Waals surface area contributed by atoms with Crippen LogP contribution in [0.1, 0.15) is 22.7 Å². The van der Waals surface area contributed by atoms with Gasteiger partial charge >= 0.3 is 0 Å². The van der Waals surface area contributed by atoms with Crippen molar-refractivity contribution in [3.05, 3.63) is 59.4 Å². The Morgan fingerprint density at radius 3 is 2.96 bits per heavy atom. The first kappa shape index (κ1) is 19.8. The van der Waals surface area contributed by atoms with Gasteiger partial charge in [0, 0.05) is 36.9 Å². The molecule has 25 heavy (non-hydrogen) atoms. The molecule has 4 nitrogen and oxygen atoms in total. The molecule has 1 aliphatic rings. The quantitative estimate of drug-likeness (QED) is 0.829. The summed E-state index contributed by atoms with van der Waals surface area (Å²) in [6.45, 7) is 6.55. The smallest absolute Gasteiger partial charge is 0.233 e. The zero-order valence-corrected chi connectivity index (χ0v) is 16.2. The maximum absolute atomic E-state index is 12.8. The van der Waals surface area contributed by atoms with E-state index < -0.39 is 0 Å². The van der Waals surface area contributed by atoms with E-state index in [2.05, 4.69) is 42.3 Å². The highest BCUT2D eigenvalue weighted by molar-refractivity contribution is 8.00. The first-order valence-corrected chi connectivity index (χ1v) is 9.24. The average molecular weight is 378 g/mol. The van der Waals surface area contributed by atoms with Crippen LogP contribution in [0.3, 0.4) is 0 Å². The molecule has 0 spiro atoms.